The lowest BCUT2D eigenvalue weighted by molar-refractivity contribution is -0.384. The summed E-state index contributed by atoms with van der Waals surface area (Å²) >= 11 is 0. The fourth-order valence-corrected chi connectivity index (χ4v) is 1.91. The molecule has 0 aromatic heterocycles. The van der Waals surface area contributed by atoms with Gasteiger partial charge in [0, 0.05) is 12.1 Å². The minimum atomic E-state index is -4.15. The number of nitro benzene ring substituents is 1. The summed E-state index contributed by atoms with van der Waals surface area (Å²) in [7, 11) is -4.15. The summed E-state index contributed by atoms with van der Waals surface area (Å²) in [5, 5.41) is 10.4. The van der Waals surface area contributed by atoms with Gasteiger partial charge in [0.15, 0.2) is 0 Å². The van der Waals surface area contributed by atoms with Crippen LogP contribution in [0.25, 0.3) is 0 Å². The van der Waals surface area contributed by atoms with Gasteiger partial charge in [0.2, 0.25) is 0 Å². The summed E-state index contributed by atoms with van der Waals surface area (Å²) in [6, 6.07) is 4.84. The van der Waals surface area contributed by atoms with Gasteiger partial charge in [-0.15, -0.1) is 0 Å². The Balaban J connectivity index is 2.60. The molecule has 1 aromatic rings. The largest absolute Gasteiger partial charge is 0.527 e. The third-order valence-electron chi connectivity index (χ3n) is 2.02. The number of hydrogen-bond acceptors (Lipinski definition) is 5. The minimum Gasteiger partial charge on any atom is -0.404 e. The van der Waals surface area contributed by atoms with E-state index in [0.717, 1.165) is 6.42 Å². The van der Waals surface area contributed by atoms with Crippen molar-refractivity contribution in [3.8, 4) is 5.75 Å². The van der Waals surface area contributed by atoms with Crippen molar-refractivity contribution in [2.75, 3.05) is 6.61 Å². The van der Waals surface area contributed by atoms with E-state index in [9.17, 15) is 19.6 Å². The molecule has 1 unspecified atom stereocenters. The van der Waals surface area contributed by atoms with E-state index in [1.54, 1.807) is 0 Å². The monoisotopic (exact) mass is 275 g/mol. The second-order valence-corrected chi connectivity index (χ2v) is 4.88. The zero-order valence-corrected chi connectivity index (χ0v) is 10.7. The van der Waals surface area contributed by atoms with Gasteiger partial charge in [0.25, 0.3) is 5.69 Å². The van der Waals surface area contributed by atoms with Crippen molar-refractivity contribution in [3.63, 3.8) is 0 Å². The smallest absolute Gasteiger partial charge is 0.404 e. The summed E-state index contributed by atoms with van der Waals surface area (Å²) in [5.41, 5.74) is -0.123. The van der Waals surface area contributed by atoms with E-state index >= 15 is 0 Å². The standard InChI is InChI=1S/C10H14NO6P/c1-2-3-8-16-18(14,15)17-10-6-4-9(5-7-10)11(12)13/h4-7H,2-3,8H2,1H3,(H,14,15). The van der Waals surface area contributed by atoms with E-state index in [1.807, 2.05) is 6.92 Å². The molecule has 0 heterocycles. The van der Waals surface area contributed by atoms with E-state index in [4.69, 9.17) is 9.05 Å². The molecule has 18 heavy (non-hydrogen) atoms. The zero-order chi connectivity index (χ0) is 13.6. The van der Waals surface area contributed by atoms with Crippen molar-refractivity contribution in [1.82, 2.24) is 0 Å². The van der Waals surface area contributed by atoms with Crippen LogP contribution in [-0.4, -0.2) is 16.4 Å². The molecular formula is C10H14NO6P. The Morgan fingerprint density at radius 2 is 2.00 bits per heavy atom. The fraction of sp³-hybridized carbons (Fsp3) is 0.400. The molecule has 0 fully saturated rings. The first-order valence-electron chi connectivity index (χ1n) is 5.36. The lowest BCUT2D eigenvalue weighted by atomic mass is 10.3. The first kappa shape index (κ1) is 14.6. The highest BCUT2D eigenvalue weighted by Crippen LogP contribution is 2.44. The van der Waals surface area contributed by atoms with E-state index in [2.05, 4.69) is 0 Å². The number of phosphoric ester groups is 1. The van der Waals surface area contributed by atoms with Crippen molar-refractivity contribution in [2.45, 2.75) is 19.8 Å². The molecule has 0 amide bonds. The molecule has 8 heteroatoms. The second-order valence-electron chi connectivity index (χ2n) is 3.50. The molecule has 0 radical (unpaired) electrons. The van der Waals surface area contributed by atoms with Crippen molar-refractivity contribution in [2.24, 2.45) is 0 Å². The highest BCUT2D eigenvalue weighted by molar-refractivity contribution is 7.47. The average molecular weight is 275 g/mol. The Morgan fingerprint density at radius 1 is 1.39 bits per heavy atom. The molecule has 0 spiro atoms. The number of unbranched alkanes of at least 4 members (excludes halogenated alkanes) is 1. The molecule has 1 atom stereocenters. The van der Waals surface area contributed by atoms with Crippen molar-refractivity contribution >= 4 is 13.5 Å². The summed E-state index contributed by atoms with van der Waals surface area (Å²) in [4.78, 5) is 19.2. The molecule has 1 N–H and O–H groups in total. The average Bonchev–Trinajstić information content (AvgIpc) is 2.29. The van der Waals surface area contributed by atoms with Crippen LogP contribution in [0.1, 0.15) is 19.8 Å². The van der Waals surface area contributed by atoms with E-state index < -0.39 is 12.7 Å². The summed E-state index contributed by atoms with van der Waals surface area (Å²) < 4.78 is 20.9. The third-order valence-corrected chi connectivity index (χ3v) is 2.97. The summed E-state index contributed by atoms with van der Waals surface area (Å²) in [6.07, 6.45) is 1.48. The molecular weight excluding hydrogens is 261 g/mol. The molecule has 0 bridgehead atoms. The Bertz CT molecular complexity index is 446. The lowest BCUT2D eigenvalue weighted by Crippen LogP contribution is -1.99. The molecule has 1 aromatic carbocycles. The zero-order valence-electron chi connectivity index (χ0n) is 9.81. The van der Waals surface area contributed by atoms with Gasteiger partial charge in [-0.1, -0.05) is 13.3 Å². The van der Waals surface area contributed by atoms with Crippen LogP contribution >= 0.6 is 7.82 Å². The van der Waals surface area contributed by atoms with Crippen LogP contribution in [0.3, 0.4) is 0 Å². The van der Waals surface area contributed by atoms with Crippen molar-refractivity contribution in [3.05, 3.63) is 34.4 Å². The number of benzene rings is 1. The number of rotatable bonds is 7. The maximum atomic E-state index is 11.5. The predicted molar refractivity (Wildman–Crippen MR) is 64.4 cm³/mol. The number of nitro groups is 1. The van der Waals surface area contributed by atoms with Gasteiger partial charge in [0.05, 0.1) is 11.5 Å². The molecule has 1 rings (SSSR count). The first-order valence-corrected chi connectivity index (χ1v) is 6.85. The second kappa shape index (κ2) is 6.49. The highest BCUT2D eigenvalue weighted by Gasteiger charge is 2.22. The molecule has 0 aliphatic carbocycles. The molecule has 7 nitrogen and oxygen atoms in total. The number of nitrogens with zero attached hydrogens (tertiary/aromatic N) is 1. The van der Waals surface area contributed by atoms with Crippen LogP contribution in [0, 0.1) is 10.1 Å². The van der Waals surface area contributed by atoms with Crippen LogP contribution in [0.5, 0.6) is 5.75 Å². The van der Waals surface area contributed by atoms with E-state index in [-0.39, 0.29) is 18.0 Å². The van der Waals surface area contributed by atoms with Gasteiger partial charge >= 0.3 is 7.82 Å². The quantitative estimate of drug-likeness (QED) is 0.355. The van der Waals surface area contributed by atoms with Crippen LogP contribution in [0.4, 0.5) is 5.69 Å². The molecule has 0 aliphatic rings. The van der Waals surface area contributed by atoms with Gasteiger partial charge < -0.3 is 4.52 Å². The normalized spacial score (nSPS) is 13.9. The lowest BCUT2D eigenvalue weighted by Gasteiger charge is -2.12. The van der Waals surface area contributed by atoms with Crippen LogP contribution < -0.4 is 4.52 Å². The van der Waals surface area contributed by atoms with E-state index in [0.29, 0.717) is 6.42 Å². The predicted octanol–water partition coefficient (Wildman–Crippen LogP) is 2.89. The number of non-ortho nitro benzene ring substituents is 1. The topological polar surface area (TPSA) is 98.9 Å². The molecule has 0 aliphatic heterocycles. The number of phosphoric acid groups is 1. The maximum absolute atomic E-state index is 11.5. The Kier molecular flexibility index (Phi) is 5.27. The van der Waals surface area contributed by atoms with Crippen molar-refractivity contribution in [1.29, 1.82) is 0 Å². The van der Waals surface area contributed by atoms with Crippen LogP contribution in [0.2, 0.25) is 0 Å². The molecule has 0 saturated carbocycles. The van der Waals surface area contributed by atoms with Gasteiger partial charge in [-0.05, 0) is 18.6 Å². The Morgan fingerprint density at radius 3 is 2.50 bits per heavy atom. The SMILES string of the molecule is CCCCOP(=O)(O)Oc1ccc([N+](=O)[O-])cc1. The Labute approximate surface area is 104 Å². The fourth-order valence-electron chi connectivity index (χ4n) is 1.11. The summed E-state index contributed by atoms with van der Waals surface area (Å²) in [5.74, 6) is 0.0444. The first-order chi connectivity index (χ1) is 8.44. The minimum absolute atomic E-state index is 0.0444. The third kappa shape index (κ3) is 4.83. The Hall–Kier alpha value is -1.43. The highest BCUT2D eigenvalue weighted by atomic mass is 31.2. The van der Waals surface area contributed by atoms with Crippen LogP contribution in [-0.2, 0) is 9.09 Å². The maximum Gasteiger partial charge on any atom is 0.527 e. The van der Waals surface area contributed by atoms with Crippen LogP contribution in [0.15, 0.2) is 24.3 Å². The van der Waals surface area contributed by atoms with Gasteiger partial charge in [-0.2, -0.15) is 0 Å². The van der Waals surface area contributed by atoms with Gasteiger partial charge in [-0.3, -0.25) is 19.5 Å². The molecule has 0 saturated heterocycles. The van der Waals surface area contributed by atoms with Gasteiger partial charge in [0.1, 0.15) is 5.75 Å². The van der Waals surface area contributed by atoms with Gasteiger partial charge in [-0.25, -0.2) is 4.57 Å². The number of hydrogen-bond donors (Lipinski definition) is 1. The summed E-state index contributed by atoms with van der Waals surface area (Å²) in [6.45, 7) is 2.04. The van der Waals surface area contributed by atoms with E-state index in [1.165, 1.54) is 24.3 Å². The molecule has 100 valence electrons. The van der Waals surface area contributed by atoms with Crippen molar-refractivity contribution < 1.29 is 23.4 Å².